The summed E-state index contributed by atoms with van der Waals surface area (Å²) in [6.07, 6.45) is 4.51. The molecule has 2 aromatic carbocycles. The van der Waals surface area contributed by atoms with E-state index < -0.39 is 0 Å². The Kier molecular flexibility index (Phi) is 4.80. The van der Waals surface area contributed by atoms with E-state index in [1.807, 2.05) is 6.07 Å². The van der Waals surface area contributed by atoms with E-state index in [-0.39, 0.29) is 17.0 Å². The third-order valence-electron chi connectivity index (χ3n) is 4.86. The molecule has 0 saturated heterocycles. The maximum atomic E-state index is 5.76. The number of halogens is 2. The van der Waals surface area contributed by atoms with Gasteiger partial charge in [0.1, 0.15) is 25.1 Å². The molecule has 0 unspecified atom stereocenters. The van der Waals surface area contributed by atoms with Crippen LogP contribution in [-0.4, -0.2) is 17.8 Å². The van der Waals surface area contributed by atoms with Crippen LogP contribution in [0.4, 0.5) is 0 Å². The van der Waals surface area contributed by atoms with Crippen molar-refractivity contribution in [3.63, 3.8) is 0 Å². The predicted octanol–water partition coefficient (Wildman–Crippen LogP) is 0.916. The van der Waals surface area contributed by atoms with E-state index in [0.29, 0.717) is 13.2 Å². The van der Waals surface area contributed by atoms with Crippen LogP contribution >= 0.6 is 15.9 Å². The summed E-state index contributed by atoms with van der Waals surface area (Å²) < 4.78 is 17.2. The highest BCUT2D eigenvalue weighted by Gasteiger charge is 2.30. The average molecular weight is 478 g/mol. The maximum absolute atomic E-state index is 5.76. The molecular weight excluding hydrogens is 460 g/mol. The van der Waals surface area contributed by atoms with E-state index >= 15 is 0 Å². The van der Waals surface area contributed by atoms with Crippen molar-refractivity contribution in [3.05, 3.63) is 59.0 Å². The molecule has 0 atom stereocenters. The second-order valence-corrected chi connectivity index (χ2v) is 7.31. The Morgan fingerprint density at radius 3 is 2.54 bits per heavy atom. The van der Waals surface area contributed by atoms with E-state index in [4.69, 9.17) is 9.47 Å². The topological polar surface area (TPSA) is 27.3 Å². The smallest absolute Gasteiger partial charge is 0.262 e. The van der Waals surface area contributed by atoms with Crippen LogP contribution in [0.3, 0.4) is 0 Å². The number of hydrogen-bond acceptors (Lipinski definition) is 2. The zero-order chi connectivity index (χ0) is 16.8. The van der Waals surface area contributed by atoms with Gasteiger partial charge in [0.25, 0.3) is 5.82 Å². The van der Waals surface area contributed by atoms with Crippen molar-refractivity contribution >= 4 is 15.9 Å². The monoisotopic (exact) mass is 476 g/mol. The third kappa shape index (κ3) is 2.95. The summed E-state index contributed by atoms with van der Waals surface area (Å²) in [6, 6.07) is 14.7. The molecule has 6 heteroatoms. The Hall–Kier alpha value is -1.79. The van der Waals surface area contributed by atoms with E-state index in [2.05, 4.69) is 67.7 Å². The lowest BCUT2D eigenvalue weighted by Gasteiger charge is -2.18. The zero-order valence-corrected chi connectivity index (χ0v) is 17.3. The first kappa shape index (κ1) is 17.6. The Morgan fingerprint density at radius 1 is 0.962 bits per heavy atom. The molecule has 0 spiro atoms. The second kappa shape index (κ2) is 7.08. The fraction of sp³-hybridized carbons (Fsp3) is 0.250. The van der Waals surface area contributed by atoms with Gasteiger partial charge in [0.2, 0.25) is 0 Å². The van der Waals surface area contributed by atoms with Crippen LogP contribution in [0.25, 0.3) is 16.9 Å². The quantitative estimate of drug-likeness (QED) is 0.513. The SMILES string of the molecule is Brc1ccc(-c2cn(-c3ccc4c(c3)OCCO4)c3[n+]2CCC3)cc1.[Br-]. The van der Waals surface area contributed by atoms with Gasteiger partial charge in [-0.15, -0.1) is 0 Å². The second-order valence-electron chi connectivity index (χ2n) is 6.39. The van der Waals surface area contributed by atoms with Crippen molar-refractivity contribution in [2.45, 2.75) is 19.4 Å². The number of fused-ring (bicyclic) bond motifs is 2. The number of hydrogen-bond donors (Lipinski definition) is 0. The minimum Gasteiger partial charge on any atom is -1.00 e. The molecule has 3 heterocycles. The number of aromatic nitrogens is 2. The molecule has 0 saturated carbocycles. The van der Waals surface area contributed by atoms with Crippen LogP contribution in [0, 0.1) is 0 Å². The Balaban J connectivity index is 0.00000168. The molecule has 2 aliphatic heterocycles. The van der Waals surface area contributed by atoms with E-state index in [1.54, 1.807) is 0 Å². The zero-order valence-electron chi connectivity index (χ0n) is 14.1. The highest BCUT2D eigenvalue weighted by Crippen LogP contribution is 2.33. The minimum atomic E-state index is 0. The molecule has 0 N–H and O–H groups in total. The van der Waals surface area contributed by atoms with Gasteiger partial charge in [-0.3, -0.25) is 0 Å². The molecule has 0 fully saturated rings. The molecule has 0 aliphatic carbocycles. The van der Waals surface area contributed by atoms with Gasteiger partial charge >= 0.3 is 0 Å². The molecule has 2 aliphatic rings. The van der Waals surface area contributed by atoms with Crippen molar-refractivity contribution in [3.8, 4) is 28.4 Å². The Bertz CT molecular complexity index is 951. The normalized spacial score (nSPS) is 14.7. The van der Waals surface area contributed by atoms with Gasteiger partial charge < -0.3 is 26.5 Å². The fourth-order valence-electron chi connectivity index (χ4n) is 3.69. The largest absolute Gasteiger partial charge is 1.00 e. The summed E-state index contributed by atoms with van der Waals surface area (Å²) in [5.41, 5.74) is 3.62. The molecule has 0 amide bonds. The molecule has 4 nitrogen and oxygen atoms in total. The molecule has 26 heavy (non-hydrogen) atoms. The molecule has 3 aromatic rings. The van der Waals surface area contributed by atoms with Crippen LogP contribution in [0.15, 0.2) is 53.1 Å². The fourth-order valence-corrected chi connectivity index (χ4v) is 3.96. The van der Waals surface area contributed by atoms with Gasteiger partial charge in [0.05, 0.1) is 13.0 Å². The van der Waals surface area contributed by atoms with Gasteiger partial charge in [-0.05, 0) is 42.8 Å². The van der Waals surface area contributed by atoms with Crippen LogP contribution in [0.5, 0.6) is 11.5 Å². The first-order valence-electron chi connectivity index (χ1n) is 8.60. The van der Waals surface area contributed by atoms with Gasteiger partial charge in [-0.1, -0.05) is 15.9 Å². The summed E-state index contributed by atoms with van der Waals surface area (Å²) in [7, 11) is 0. The summed E-state index contributed by atoms with van der Waals surface area (Å²) in [5.74, 6) is 3.01. The third-order valence-corrected chi connectivity index (χ3v) is 5.39. The maximum Gasteiger partial charge on any atom is 0.262 e. The summed E-state index contributed by atoms with van der Waals surface area (Å²) in [6.45, 7) is 2.30. The molecular formula is C20H18Br2N2O2. The first-order valence-corrected chi connectivity index (χ1v) is 9.39. The summed E-state index contributed by atoms with van der Waals surface area (Å²) in [5, 5.41) is 0. The highest BCUT2D eigenvalue weighted by atomic mass is 79.9. The van der Waals surface area contributed by atoms with Crippen LogP contribution < -0.4 is 31.0 Å². The van der Waals surface area contributed by atoms with Crippen molar-refractivity contribution in [1.82, 2.24) is 4.57 Å². The number of imidazole rings is 1. The molecule has 134 valence electrons. The van der Waals surface area contributed by atoms with Gasteiger partial charge in [0, 0.05) is 16.1 Å². The van der Waals surface area contributed by atoms with Gasteiger partial charge in [-0.2, -0.15) is 4.57 Å². The van der Waals surface area contributed by atoms with Crippen molar-refractivity contribution in [2.24, 2.45) is 0 Å². The van der Waals surface area contributed by atoms with E-state index in [9.17, 15) is 0 Å². The number of nitrogens with zero attached hydrogens (tertiary/aromatic N) is 2. The lowest BCUT2D eigenvalue weighted by Crippen LogP contribution is -3.00. The summed E-state index contributed by atoms with van der Waals surface area (Å²) >= 11 is 3.52. The first-order chi connectivity index (χ1) is 12.3. The predicted molar refractivity (Wildman–Crippen MR) is 98.4 cm³/mol. The van der Waals surface area contributed by atoms with Crippen LogP contribution in [0.1, 0.15) is 12.2 Å². The van der Waals surface area contributed by atoms with Crippen LogP contribution in [-0.2, 0) is 13.0 Å². The van der Waals surface area contributed by atoms with Crippen molar-refractivity contribution < 1.29 is 31.0 Å². The number of ether oxygens (including phenoxy) is 2. The van der Waals surface area contributed by atoms with Crippen molar-refractivity contribution in [1.29, 1.82) is 0 Å². The number of benzene rings is 2. The molecule has 0 bridgehead atoms. The van der Waals surface area contributed by atoms with E-state index in [0.717, 1.165) is 34.6 Å². The molecule has 0 radical (unpaired) electrons. The van der Waals surface area contributed by atoms with E-state index in [1.165, 1.54) is 23.5 Å². The Labute approximate surface area is 171 Å². The van der Waals surface area contributed by atoms with Gasteiger partial charge in [-0.25, -0.2) is 4.57 Å². The van der Waals surface area contributed by atoms with Crippen molar-refractivity contribution in [2.75, 3.05) is 13.2 Å². The highest BCUT2D eigenvalue weighted by molar-refractivity contribution is 9.10. The lowest BCUT2D eigenvalue weighted by molar-refractivity contribution is -0.679. The number of rotatable bonds is 2. The minimum absolute atomic E-state index is 0. The van der Waals surface area contributed by atoms with Gasteiger partial charge in [0.15, 0.2) is 17.2 Å². The van der Waals surface area contributed by atoms with Crippen LogP contribution in [0.2, 0.25) is 0 Å². The Morgan fingerprint density at radius 2 is 1.73 bits per heavy atom. The summed E-state index contributed by atoms with van der Waals surface area (Å²) in [4.78, 5) is 0. The average Bonchev–Trinajstić information content (AvgIpc) is 3.25. The lowest BCUT2D eigenvalue weighted by atomic mass is 10.1. The molecule has 1 aromatic heterocycles. The molecule has 5 rings (SSSR count). The standard InChI is InChI=1S/C20H18BrN2O2.BrH/c21-15-5-3-14(4-6-15)17-13-23(20-2-1-9-22(17)20)16-7-8-18-19(12-16)25-11-10-24-18;/h3-8,12-13H,1-2,9-11H2;1H/q+1;/p-1.